The molecule has 1 N–H and O–H groups in total. The highest BCUT2D eigenvalue weighted by molar-refractivity contribution is 7.90. The van der Waals surface area contributed by atoms with Gasteiger partial charge in [-0.25, -0.2) is 8.42 Å². The molecule has 27 heavy (non-hydrogen) atoms. The van der Waals surface area contributed by atoms with Gasteiger partial charge in [0.15, 0.2) is 9.84 Å². The number of rotatable bonds is 3. The average molecular weight is 406 g/mol. The lowest BCUT2D eigenvalue weighted by atomic mass is 10.0. The van der Waals surface area contributed by atoms with Crippen LogP contribution in [0.4, 0.5) is 11.4 Å². The summed E-state index contributed by atoms with van der Waals surface area (Å²) in [4.78, 5) is 16.0. The summed E-state index contributed by atoms with van der Waals surface area (Å²) in [6.07, 6.45) is 1.65. The zero-order valence-electron chi connectivity index (χ0n) is 14.4. The lowest BCUT2D eigenvalue weighted by Gasteiger charge is -2.29. The number of halogens is 1. The zero-order valence-corrected chi connectivity index (χ0v) is 16.0. The van der Waals surface area contributed by atoms with Gasteiger partial charge in [0, 0.05) is 52.9 Å². The summed E-state index contributed by atoms with van der Waals surface area (Å²) in [6.45, 7) is 0.978. The Kier molecular flexibility index (Phi) is 4.12. The van der Waals surface area contributed by atoms with E-state index in [9.17, 15) is 18.5 Å². The molecule has 0 saturated carbocycles. The lowest BCUT2D eigenvalue weighted by Crippen LogP contribution is -2.30. The van der Waals surface area contributed by atoms with E-state index in [1.165, 1.54) is 6.07 Å². The van der Waals surface area contributed by atoms with Crippen molar-refractivity contribution in [1.82, 2.24) is 4.98 Å². The van der Waals surface area contributed by atoms with E-state index in [1.807, 2.05) is 23.1 Å². The van der Waals surface area contributed by atoms with Crippen LogP contribution in [0.3, 0.4) is 0 Å². The molecule has 0 bridgehead atoms. The predicted octanol–water partition coefficient (Wildman–Crippen LogP) is 3.70. The Hall–Kier alpha value is -2.58. The molecule has 9 heteroatoms. The van der Waals surface area contributed by atoms with Gasteiger partial charge in [0.25, 0.3) is 0 Å². The molecule has 0 saturated heterocycles. The Balaban J connectivity index is 1.84. The molecule has 0 aliphatic carbocycles. The maximum Gasteiger partial charge on any atom is 0.311 e. The molecule has 7 nitrogen and oxygen atoms in total. The predicted molar refractivity (Wildman–Crippen MR) is 104 cm³/mol. The highest BCUT2D eigenvalue weighted by Gasteiger charge is 2.31. The summed E-state index contributed by atoms with van der Waals surface area (Å²) in [5.41, 5.74) is 3.00. The molecule has 4 rings (SSSR count). The van der Waals surface area contributed by atoms with Crippen LogP contribution in [0, 0.1) is 10.1 Å². The highest BCUT2D eigenvalue weighted by Crippen LogP contribution is 2.38. The van der Waals surface area contributed by atoms with Crippen molar-refractivity contribution in [3.8, 4) is 0 Å². The lowest BCUT2D eigenvalue weighted by molar-refractivity contribution is -0.387. The third-order valence-electron chi connectivity index (χ3n) is 4.84. The monoisotopic (exact) mass is 405 g/mol. The smallest absolute Gasteiger partial charge is 0.311 e. The Labute approximate surface area is 160 Å². The number of nitrogens with one attached hydrogen (secondary N) is 1. The van der Waals surface area contributed by atoms with Crippen LogP contribution in [0.2, 0.25) is 5.02 Å². The molecule has 1 aliphatic rings. The number of aromatic nitrogens is 1. The number of anilines is 1. The van der Waals surface area contributed by atoms with Crippen molar-refractivity contribution >= 4 is 43.7 Å². The molecule has 0 amide bonds. The number of nitro benzene ring substituents is 1. The van der Waals surface area contributed by atoms with Crippen molar-refractivity contribution in [3.05, 3.63) is 62.8 Å². The topological polar surface area (TPSA) is 96.3 Å². The molecule has 0 unspecified atom stereocenters. The van der Waals surface area contributed by atoms with E-state index in [4.69, 9.17) is 11.6 Å². The van der Waals surface area contributed by atoms with Crippen LogP contribution in [0.25, 0.3) is 10.9 Å². The van der Waals surface area contributed by atoms with Gasteiger partial charge in [0.1, 0.15) is 10.6 Å². The van der Waals surface area contributed by atoms with Gasteiger partial charge in [0.05, 0.1) is 4.92 Å². The van der Waals surface area contributed by atoms with E-state index >= 15 is 0 Å². The van der Waals surface area contributed by atoms with E-state index in [-0.39, 0.29) is 10.6 Å². The number of sulfone groups is 1. The Morgan fingerprint density at radius 1 is 1.26 bits per heavy atom. The van der Waals surface area contributed by atoms with Gasteiger partial charge in [-0.05, 0) is 30.3 Å². The quantitative estimate of drug-likeness (QED) is 0.529. The van der Waals surface area contributed by atoms with Gasteiger partial charge in [0.2, 0.25) is 0 Å². The summed E-state index contributed by atoms with van der Waals surface area (Å²) in [6, 6.07) is 10.0. The molecular formula is C18H16ClN3O4S. The van der Waals surface area contributed by atoms with Crippen molar-refractivity contribution in [2.45, 2.75) is 17.9 Å². The van der Waals surface area contributed by atoms with Gasteiger partial charge >= 0.3 is 5.69 Å². The van der Waals surface area contributed by atoms with Crippen LogP contribution >= 0.6 is 11.6 Å². The molecule has 0 spiro atoms. The van der Waals surface area contributed by atoms with E-state index in [0.29, 0.717) is 30.2 Å². The third-order valence-corrected chi connectivity index (χ3v) is 6.20. The minimum atomic E-state index is -3.72. The van der Waals surface area contributed by atoms with E-state index in [1.54, 1.807) is 12.1 Å². The fourth-order valence-electron chi connectivity index (χ4n) is 3.64. The summed E-state index contributed by atoms with van der Waals surface area (Å²) in [7, 11) is -3.72. The summed E-state index contributed by atoms with van der Waals surface area (Å²) >= 11 is 6.13. The van der Waals surface area contributed by atoms with Gasteiger partial charge in [-0.15, -0.1) is 0 Å². The number of para-hydroxylation sites is 1. The van der Waals surface area contributed by atoms with Crippen LogP contribution in [0.5, 0.6) is 0 Å². The largest absolute Gasteiger partial charge is 0.361 e. The van der Waals surface area contributed by atoms with Gasteiger partial charge < -0.3 is 9.88 Å². The van der Waals surface area contributed by atoms with Gasteiger partial charge in [-0.2, -0.15) is 0 Å². The number of hydrogen-bond acceptors (Lipinski definition) is 5. The molecule has 1 aliphatic heterocycles. The first-order valence-corrected chi connectivity index (χ1v) is 10.5. The highest BCUT2D eigenvalue weighted by atomic mass is 35.5. The number of H-pyrrole nitrogens is 1. The molecule has 1 aromatic heterocycles. The maximum absolute atomic E-state index is 12.0. The second-order valence-corrected chi connectivity index (χ2v) is 9.02. The third kappa shape index (κ3) is 3.04. The van der Waals surface area contributed by atoms with Crippen LogP contribution in [-0.4, -0.2) is 31.1 Å². The molecular weight excluding hydrogens is 390 g/mol. The number of hydrogen-bond donors (Lipinski definition) is 1. The number of fused-ring (bicyclic) bond motifs is 3. The number of nitro groups is 1. The van der Waals surface area contributed by atoms with Crippen molar-refractivity contribution in [2.24, 2.45) is 0 Å². The second-order valence-electron chi connectivity index (χ2n) is 6.60. The van der Waals surface area contributed by atoms with Crippen LogP contribution in [0.1, 0.15) is 11.3 Å². The molecule has 0 fully saturated rings. The Morgan fingerprint density at radius 3 is 2.74 bits per heavy atom. The van der Waals surface area contributed by atoms with E-state index in [0.717, 1.165) is 28.4 Å². The number of benzene rings is 2. The number of nitrogens with zero attached hydrogens (tertiary/aromatic N) is 2. The van der Waals surface area contributed by atoms with Crippen LogP contribution < -0.4 is 4.90 Å². The van der Waals surface area contributed by atoms with Crippen molar-refractivity contribution in [3.63, 3.8) is 0 Å². The summed E-state index contributed by atoms with van der Waals surface area (Å²) < 4.78 is 24.0. The second kappa shape index (κ2) is 6.24. The van der Waals surface area contributed by atoms with Crippen molar-refractivity contribution in [2.75, 3.05) is 17.7 Å². The number of aromatic amines is 1. The fourth-order valence-corrected chi connectivity index (χ4v) is 4.67. The maximum atomic E-state index is 12.0. The molecule has 0 radical (unpaired) electrons. The summed E-state index contributed by atoms with van der Waals surface area (Å²) in [5, 5.41) is 13.3. The Bertz CT molecular complexity index is 1190. The van der Waals surface area contributed by atoms with Crippen LogP contribution in [-0.2, 0) is 22.8 Å². The minimum Gasteiger partial charge on any atom is -0.361 e. The normalized spacial score (nSPS) is 14.4. The minimum absolute atomic E-state index is 0.266. The first kappa shape index (κ1) is 17.8. The molecule has 2 aromatic carbocycles. The fraction of sp³-hybridized carbons (Fsp3) is 0.222. The molecule has 0 atom stereocenters. The van der Waals surface area contributed by atoms with Gasteiger partial charge in [-0.1, -0.05) is 17.7 Å². The standard InChI is InChI=1S/C18H16ClN3O4S/c1-27(25,26)17-4-2-3-16(18(17)22(23)24)21-8-7-15-13(10-21)12-9-11(19)5-6-14(12)20-15/h2-6,9,20H,7-8,10H2,1H3. The first-order valence-electron chi connectivity index (χ1n) is 8.27. The molecule has 3 aromatic rings. The summed E-state index contributed by atoms with van der Waals surface area (Å²) in [5.74, 6) is 0. The van der Waals surface area contributed by atoms with E-state index in [2.05, 4.69) is 4.98 Å². The van der Waals surface area contributed by atoms with Gasteiger partial charge in [-0.3, -0.25) is 10.1 Å². The molecule has 2 heterocycles. The van der Waals surface area contributed by atoms with Crippen LogP contribution in [0.15, 0.2) is 41.3 Å². The van der Waals surface area contributed by atoms with Crippen molar-refractivity contribution in [1.29, 1.82) is 0 Å². The Morgan fingerprint density at radius 2 is 2.04 bits per heavy atom. The zero-order chi connectivity index (χ0) is 19.3. The average Bonchev–Trinajstić information content (AvgIpc) is 2.97. The van der Waals surface area contributed by atoms with E-state index < -0.39 is 14.8 Å². The van der Waals surface area contributed by atoms with Crippen molar-refractivity contribution < 1.29 is 13.3 Å². The first-order chi connectivity index (χ1) is 12.8. The molecule has 140 valence electrons. The SMILES string of the molecule is CS(=O)(=O)c1cccc(N2CCc3[nH]c4ccc(Cl)cc4c3C2)c1[N+](=O)[O-].